The van der Waals surface area contributed by atoms with E-state index in [-0.39, 0.29) is 5.60 Å². The minimum Gasteiger partial charge on any atom is -0.389 e. The molecule has 0 saturated heterocycles. The summed E-state index contributed by atoms with van der Waals surface area (Å²) in [4.78, 5) is 0. The Hall–Kier alpha value is -0.0800. The van der Waals surface area contributed by atoms with E-state index in [1.165, 1.54) is 44.9 Å². The summed E-state index contributed by atoms with van der Waals surface area (Å²) in [5.41, 5.74) is -0.379. The fraction of sp³-hybridized carbons (Fsp3) is 1.00. The van der Waals surface area contributed by atoms with Gasteiger partial charge in [0, 0.05) is 6.54 Å². The molecule has 3 atom stereocenters. The molecule has 0 aliphatic heterocycles. The van der Waals surface area contributed by atoms with Crippen LogP contribution in [0.25, 0.3) is 0 Å². The van der Waals surface area contributed by atoms with Gasteiger partial charge in [-0.05, 0) is 56.4 Å². The molecule has 3 rings (SSSR count). The zero-order chi connectivity index (χ0) is 11.7. The first kappa shape index (κ1) is 12.0. The molecule has 3 saturated carbocycles. The SMILES string of the molecule is OC1(CNCC2CC3CCC2C3)CCCCC1. The second kappa shape index (κ2) is 4.89. The molecule has 0 amide bonds. The Bertz CT molecular complexity index is 260. The second-order valence-electron chi connectivity index (χ2n) is 6.85. The number of hydrogen-bond donors (Lipinski definition) is 2. The van der Waals surface area contributed by atoms with Crippen LogP contribution in [0.15, 0.2) is 0 Å². The van der Waals surface area contributed by atoms with Gasteiger partial charge in [0.15, 0.2) is 0 Å². The van der Waals surface area contributed by atoms with Crippen LogP contribution in [-0.2, 0) is 0 Å². The molecule has 2 nitrogen and oxygen atoms in total. The Morgan fingerprint density at radius 2 is 1.88 bits per heavy atom. The van der Waals surface area contributed by atoms with Crippen LogP contribution in [0.5, 0.6) is 0 Å². The number of fused-ring (bicyclic) bond motifs is 2. The molecule has 98 valence electrons. The normalized spacial score (nSPS) is 39.7. The molecule has 2 N–H and O–H groups in total. The maximum absolute atomic E-state index is 10.4. The highest BCUT2D eigenvalue weighted by Gasteiger charge is 2.39. The molecular formula is C15H27NO. The molecule has 2 bridgehead atoms. The van der Waals surface area contributed by atoms with Crippen molar-refractivity contribution in [2.45, 2.75) is 63.4 Å². The van der Waals surface area contributed by atoms with E-state index < -0.39 is 0 Å². The number of rotatable bonds is 4. The van der Waals surface area contributed by atoms with Crippen molar-refractivity contribution >= 4 is 0 Å². The predicted molar refractivity (Wildman–Crippen MR) is 69.8 cm³/mol. The van der Waals surface area contributed by atoms with Crippen LogP contribution in [0.2, 0.25) is 0 Å². The van der Waals surface area contributed by atoms with E-state index in [2.05, 4.69) is 5.32 Å². The van der Waals surface area contributed by atoms with Gasteiger partial charge < -0.3 is 10.4 Å². The second-order valence-corrected chi connectivity index (χ2v) is 6.85. The molecule has 3 aliphatic carbocycles. The third kappa shape index (κ3) is 2.68. The van der Waals surface area contributed by atoms with Gasteiger partial charge in [-0.1, -0.05) is 25.7 Å². The standard InChI is InChI=1S/C15H27NO/c17-15(6-2-1-3-7-15)11-16-10-14-9-12-4-5-13(14)8-12/h12-14,16-17H,1-11H2. The summed E-state index contributed by atoms with van der Waals surface area (Å²) >= 11 is 0. The van der Waals surface area contributed by atoms with Crippen molar-refractivity contribution in [1.82, 2.24) is 5.32 Å². The van der Waals surface area contributed by atoms with Gasteiger partial charge in [-0.3, -0.25) is 0 Å². The monoisotopic (exact) mass is 237 g/mol. The summed E-state index contributed by atoms with van der Waals surface area (Å²) < 4.78 is 0. The van der Waals surface area contributed by atoms with Crippen LogP contribution < -0.4 is 5.32 Å². The highest BCUT2D eigenvalue weighted by molar-refractivity contribution is 4.92. The Balaban J connectivity index is 1.40. The summed E-state index contributed by atoms with van der Waals surface area (Å²) in [5, 5.41) is 14.0. The maximum atomic E-state index is 10.4. The molecule has 3 fully saturated rings. The summed E-state index contributed by atoms with van der Waals surface area (Å²) in [6, 6.07) is 0. The molecule has 0 aromatic rings. The lowest BCUT2D eigenvalue weighted by Gasteiger charge is -2.33. The van der Waals surface area contributed by atoms with Crippen LogP contribution >= 0.6 is 0 Å². The Kier molecular flexibility index (Phi) is 3.45. The van der Waals surface area contributed by atoms with E-state index in [0.29, 0.717) is 0 Å². The summed E-state index contributed by atoms with van der Waals surface area (Å²) in [7, 11) is 0. The van der Waals surface area contributed by atoms with Crippen LogP contribution in [0.3, 0.4) is 0 Å². The number of nitrogens with one attached hydrogen (secondary N) is 1. The van der Waals surface area contributed by atoms with E-state index in [0.717, 1.165) is 43.7 Å². The lowest BCUT2D eigenvalue weighted by Crippen LogP contribution is -2.43. The van der Waals surface area contributed by atoms with E-state index in [1.54, 1.807) is 0 Å². The maximum Gasteiger partial charge on any atom is 0.0771 e. The van der Waals surface area contributed by atoms with Gasteiger partial charge in [-0.15, -0.1) is 0 Å². The molecule has 0 aromatic heterocycles. The smallest absolute Gasteiger partial charge is 0.0771 e. The topological polar surface area (TPSA) is 32.3 Å². The number of hydrogen-bond acceptors (Lipinski definition) is 2. The van der Waals surface area contributed by atoms with Gasteiger partial charge >= 0.3 is 0 Å². The van der Waals surface area contributed by atoms with Crippen LogP contribution in [0, 0.1) is 17.8 Å². The lowest BCUT2D eigenvalue weighted by molar-refractivity contribution is 0.00387. The highest BCUT2D eigenvalue weighted by Crippen LogP contribution is 2.47. The van der Waals surface area contributed by atoms with Crippen molar-refractivity contribution in [3.63, 3.8) is 0 Å². The molecule has 0 radical (unpaired) electrons. The first-order valence-corrected chi connectivity index (χ1v) is 7.68. The fourth-order valence-electron chi connectivity index (χ4n) is 4.50. The van der Waals surface area contributed by atoms with Gasteiger partial charge in [0.2, 0.25) is 0 Å². The molecule has 2 heteroatoms. The zero-order valence-electron chi connectivity index (χ0n) is 11.0. The molecule has 0 heterocycles. The summed E-state index contributed by atoms with van der Waals surface area (Å²) in [6.07, 6.45) is 11.7. The van der Waals surface area contributed by atoms with E-state index in [1.807, 2.05) is 0 Å². The van der Waals surface area contributed by atoms with Crippen LogP contribution in [0.1, 0.15) is 57.8 Å². The lowest BCUT2D eigenvalue weighted by atomic mass is 9.84. The Morgan fingerprint density at radius 3 is 2.53 bits per heavy atom. The molecule has 3 aliphatic rings. The minimum absolute atomic E-state index is 0.379. The third-order valence-corrected chi connectivity index (χ3v) is 5.53. The Labute approximate surface area is 105 Å². The van der Waals surface area contributed by atoms with Crippen molar-refractivity contribution in [3.8, 4) is 0 Å². The average molecular weight is 237 g/mol. The van der Waals surface area contributed by atoms with Gasteiger partial charge in [0.25, 0.3) is 0 Å². The van der Waals surface area contributed by atoms with Crippen LogP contribution in [0.4, 0.5) is 0 Å². The largest absolute Gasteiger partial charge is 0.389 e. The van der Waals surface area contributed by atoms with Crippen molar-refractivity contribution < 1.29 is 5.11 Å². The molecule has 3 unspecified atom stereocenters. The summed E-state index contributed by atoms with van der Waals surface area (Å²) in [5.74, 6) is 2.97. The summed E-state index contributed by atoms with van der Waals surface area (Å²) in [6.45, 7) is 1.99. The minimum atomic E-state index is -0.379. The molecule has 0 aromatic carbocycles. The van der Waals surface area contributed by atoms with Gasteiger partial charge in [-0.2, -0.15) is 0 Å². The predicted octanol–water partition coefficient (Wildman–Crippen LogP) is 2.71. The first-order valence-electron chi connectivity index (χ1n) is 7.68. The average Bonchev–Trinajstić information content (AvgIpc) is 2.92. The fourth-order valence-corrected chi connectivity index (χ4v) is 4.50. The molecular weight excluding hydrogens is 210 g/mol. The van der Waals surface area contributed by atoms with Gasteiger partial charge in [0.1, 0.15) is 0 Å². The van der Waals surface area contributed by atoms with Crippen LogP contribution in [-0.4, -0.2) is 23.8 Å². The van der Waals surface area contributed by atoms with Crippen molar-refractivity contribution in [2.24, 2.45) is 17.8 Å². The van der Waals surface area contributed by atoms with Gasteiger partial charge in [-0.25, -0.2) is 0 Å². The van der Waals surface area contributed by atoms with E-state index >= 15 is 0 Å². The third-order valence-electron chi connectivity index (χ3n) is 5.53. The highest BCUT2D eigenvalue weighted by atomic mass is 16.3. The Morgan fingerprint density at radius 1 is 1.06 bits per heavy atom. The number of aliphatic hydroxyl groups is 1. The van der Waals surface area contributed by atoms with Crippen molar-refractivity contribution in [3.05, 3.63) is 0 Å². The molecule has 0 spiro atoms. The quantitative estimate of drug-likeness (QED) is 0.788. The van der Waals surface area contributed by atoms with Crippen molar-refractivity contribution in [1.29, 1.82) is 0 Å². The van der Waals surface area contributed by atoms with E-state index in [4.69, 9.17) is 0 Å². The van der Waals surface area contributed by atoms with Crippen molar-refractivity contribution in [2.75, 3.05) is 13.1 Å². The first-order chi connectivity index (χ1) is 8.25. The molecule has 17 heavy (non-hydrogen) atoms. The zero-order valence-corrected chi connectivity index (χ0v) is 11.0. The van der Waals surface area contributed by atoms with E-state index in [9.17, 15) is 5.11 Å². The van der Waals surface area contributed by atoms with Gasteiger partial charge in [0.05, 0.1) is 5.60 Å².